The minimum Gasteiger partial charge on any atom is -0.497 e. The molecular formula is C18H25N3O3S. The second-order valence-electron chi connectivity index (χ2n) is 7.60. The van der Waals surface area contributed by atoms with Crippen molar-refractivity contribution in [3.05, 3.63) is 41.7 Å². The van der Waals surface area contributed by atoms with Gasteiger partial charge in [-0.15, -0.1) is 0 Å². The van der Waals surface area contributed by atoms with Crippen molar-refractivity contribution >= 4 is 16.4 Å². The zero-order valence-corrected chi connectivity index (χ0v) is 16.0. The predicted molar refractivity (Wildman–Crippen MR) is 98.6 cm³/mol. The van der Waals surface area contributed by atoms with E-state index < -0.39 is 10.0 Å². The van der Waals surface area contributed by atoms with Crippen LogP contribution in [-0.4, -0.2) is 43.0 Å². The highest BCUT2D eigenvalue weighted by molar-refractivity contribution is 7.89. The number of aliphatic imine (C=N–C) groups is 1. The van der Waals surface area contributed by atoms with E-state index >= 15 is 0 Å². The van der Waals surface area contributed by atoms with E-state index in [4.69, 9.17) is 4.74 Å². The zero-order chi connectivity index (χ0) is 18.2. The van der Waals surface area contributed by atoms with Crippen molar-refractivity contribution in [3.8, 4) is 5.75 Å². The van der Waals surface area contributed by atoms with E-state index in [0.29, 0.717) is 13.0 Å². The molecule has 0 bridgehead atoms. The van der Waals surface area contributed by atoms with Gasteiger partial charge in [0.1, 0.15) is 18.0 Å². The number of hydrogen-bond acceptors (Lipinski definition) is 5. The third-order valence-corrected chi connectivity index (χ3v) is 6.13. The Labute approximate surface area is 149 Å². The summed E-state index contributed by atoms with van der Waals surface area (Å²) in [5.74, 6) is 0.741. The molecule has 0 fully saturated rings. The topological polar surface area (TPSA) is 62.2 Å². The molecule has 7 heteroatoms. The van der Waals surface area contributed by atoms with Crippen molar-refractivity contribution in [3.63, 3.8) is 0 Å². The maximum Gasteiger partial charge on any atom is 0.258 e. The maximum absolute atomic E-state index is 12.6. The average molecular weight is 363 g/mol. The number of benzene rings is 1. The normalized spacial score (nSPS) is 22.4. The van der Waals surface area contributed by atoms with Crippen LogP contribution in [0.25, 0.3) is 0 Å². The molecule has 0 aliphatic carbocycles. The summed E-state index contributed by atoms with van der Waals surface area (Å²) in [6, 6.07) is 7.76. The fraction of sp³-hybridized carbons (Fsp3) is 0.500. The van der Waals surface area contributed by atoms with Crippen LogP contribution in [0.3, 0.4) is 0 Å². The van der Waals surface area contributed by atoms with Gasteiger partial charge in [-0.1, -0.05) is 32.9 Å². The van der Waals surface area contributed by atoms with Crippen LogP contribution in [0.2, 0.25) is 0 Å². The summed E-state index contributed by atoms with van der Waals surface area (Å²) in [5.41, 5.74) is 1.82. The molecule has 0 saturated carbocycles. The third kappa shape index (κ3) is 3.81. The van der Waals surface area contributed by atoms with Crippen molar-refractivity contribution in [1.29, 1.82) is 0 Å². The molecule has 2 heterocycles. The van der Waals surface area contributed by atoms with Crippen LogP contribution in [-0.2, 0) is 16.6 Å². The van der Waals surface area contributed by atoms with Crippen molar-refractivity contribution < 1.29 is 13.2 Å². The van der Waals surface area contributed by atoms with Gasteiger partial charge in [-0.2, -0.15) is 0 Å². The minimum absolute atomic E-state index is 0.00848. The second kappa shape index (κ2) is 6.37. The molecule has 1 atom stereocenters. The van der Waals surface area contributed by atoms with Gasteiger partial charge in [0.2, 0.25) is 0 Å². The SMILES string of the molecule is COc1ccc(CN2C=C3CC(C(C)(C)C)N=CN3S(=O)(=O)C2)cc1. The molecule has 0 aromatic heterocycles. The van der Waals surface area contributed by atoms with Gasteiger partial charge in [-0.25, -0.2) is 12.7 Å². The summed E-state index contributed by atoms with van der Waals surface area (Å²) in [6.07, 6.45) is 4.05. The zero-order valence-electron chi connectivity index (χ0n) is 15.1. The molecule has 1 unspecified atom stereocenters. The van der Waals surface area contributed by atoms with Crippen LogP contribution >= 0.6 is 0 Å². The highest BCUT2D eigenvalue weighted by atomic mass is 32.2. The van der Waals surface area contributed by atoms with Crippen LogP contribution in [0.1, 0.15) is 32.8 Å². The quantitative estimate of drug-likeness (QED) is 0.828. The summed E-state index contributed by atoms with van der Waals surface area (Å²) >= 11 is 0. The Morgan fingerprint density at radius 2 is 1.92 bits per heavy atom. The van der Waals surface area contributed by atoms with Crippen LogP contribution < -0.4 is 4.74 Å². The van der Waals surface area contributed by atoms with E-state index in [2.05, 4.69) is 25.8 Å². The lowest BCUT2D eigenvalue weighted by molar-refractivity contribution is 0.295. The van der Waals surface area contributed by atoms with Gasteiger partial charge < -0.3 is 9.64 Å². The molecule has 2 aliphatic rings. The van der Waals surface area contributed by atoms with Gasteiger partial charge in [-0.05, 0) is 23.1 Å². The lowest BCUT2D eigenvalue weighted by Crippen LogP contribution is -2.46. The molecule has 6 nitrogen and oxygen atoms in total. The van der Waals surface area contributed by atoms with Crippen molar-refractivity contribution in [2.75, 3.05) is 13.0 Å². The summed E-state index contributed by atoms with van der Waals surface area (Å²) < 4.78 is 31.7. The fourth-order valence-corrected chi connectivity index (χ4v) is 4.41. The van der Waals surface area contributed by atoms with Crippen molar-refractivity contribution in [1.82, 2.24) is 9.21 Å². The number of methoxy groups -OCH3 is 1. The average Bonchev–Trinajstić information content (AvgIpc) is 2.53. The summed E-state index contributed by atoms with van der Waals surface area (Å²) in [4.78, 5) is 6.31. The van der Waals surface area contributed by atoms with E-state index in [1.807, 2.05) is 35.4 Å². The van der Waals surface area contributed by atoms with Crippen LogP contribution in [0.5, 0.6) is 5.75 Å². The molecule has 3 rings (SSSR count). The van der Waals surface area contributed by atoms with E-state index in [0.717, 1.165) is 17.0 Å². The lowest BCUT2D eigenvalue weighted by atomic mass is 9.84. The first-order valence-corrected chi connectivity index (χ1v) is 9.93. The third-order valence-electron chi connectivity index (χ3n) is 4.54. The summed E-state index contributed by atoms with van der Waals surface area (Å²) in [5, 5.41) is 0. The van der Waals surface area contributed by atoms with Gasteiger partial charge in [-0.3, -0.25) is 4.99 Å². The van der Waals surface area contributed by atoms with E-state index in [1.165, 1.54) is 10.6 Å². The Hall–Kier alpha value is -2.02. The largest absolute Gasteiger partial charge is 0.497 e. The molecule has 1 aromatic rings. The van der Waals surface area contributed by atoms with Crippen molar-refractivity contribution in [2.24, 2.45) is 10.4 Å². The van der Waals surface area contributed by atoms with Crippen LogP contribution in [0, 0.1) is 5.41 Å². The number of rotatable bonds is 3. The molecule has 0 N–H and O–H groups in total. The molecule has 25 heavy (non-hydrogen) atoms. The lowest BCUT2D eigenvalue weighted by Gasteiger charge is -2.39. The monoisotopic (exact) mass is 363 g/mol. The van der Waals surface area contributed by atoms with Crippen LogP contribution in [0.15, 0.2) is 41.2 Å². The molecule has 2 aliphatic heterocycles. The first-order chi connectivity index (χ1) is 11.7. The van der Waals surface area contributed by atoms with Crippen molar-refractivity contribution in [2.45, 2.75) is 39.8 Å². The number of sulfonamides is 1. The first kappa shape index (κ1) is 17.8. The molecule has 0 saturated heterocycles. The number of nitrogens with zero attached hydrogens (tertiary/aromatic N) is 3. The highest BCUT2D eigenvalue weighted by Gasteiger charge is 2.37. The van der Waals surface area contributed by atoms with Gasteiger partial charge in [0.25, 0.3) is 10.0 Å². The Kier molecular flexibility index (Phi) is 4.53. The highest BCUT2D eigenvalue weighted by Crippen LogP contribution is 2.34. The minimum atomic E-state index is -3.42. The number of ether oxygens (including phenoxy) is 1. The Morgan fingerprint density at radius 1 is 1.24 bits per heavy atom. The standard InChI is InChI=1S/C18H25N3O3S/c1-18(2,3)17-9-15-11-20(13-25(22,23)21(15)12-19-17)10-14-5-7-16(24-4)8-6-14/h5-8,11-12,17H,9-10,13H2,1-4H3. The predicted octanol–water partition coefficient (Wildman–Crippen LogP) is 2.79. The van der Waals surface area contributed by atoms with E-state index in [1.54, 1.807) is 7.11 Å². The first-order valence-electron chi connectivity index (χ1n) is 8.32. The molecule has 136 valence electrons. The maximum atomic E-state index is 12.6. The molecule has 1 aromatic carbocycles. The van der Waals surface area contributed by atoms with Crippen LogP contribution in [0.4, 0.5) is 0 Å². The smallest absolute Gasteiger partial charge is 0.258 e. The second-order valence-corrected chi connectivity index (χ2v) is 9.42. The molecule has 0 spiro atoms. The number of hydrogen-bond donors (Lipinski definition) is 0. The van der Waals surface area contributed by atoms with Gasteiger partial charge in [0.15, 0.2) is 0 Å². The Morgan fingerprint density at radius 3 is 2.52 bits per heavy atom. The summed E-state index contributed by atoms with van der Waals surface area (Å²) in [6.45, 7) is 6.91. The van der Waals surface area contributed by atoms with Gasteiger partial charge in [0.05, 0.1) is 18.8 Å². The van der Waals surface area contributed by atoms with Gasteiger partial charge in [0, 0.05) is 19.2 Å². The Balaban J connectivity index is 1.84. The number of fused-ring (bicyclic) bond motifs is 1. The van der Waals surface area contributed by atoms with E-state index in [9.17, 15) is 8.42 Å². The Bertz CT molecular complexity index is 792. The molecule has 0 radical (unpaired) electrons. The van der Waals surface area contributed by atoms with Gasteiger partial charge >= 0.3 is 0 Å². The molecule has 0 amide bonds. The van der Waals surface area contributed by atoms with E-state index in [-0.39, 0.29) is 17.3 Å². The molecular weight excluding hydrogens is 338 g/mol. The summed E-state index contributed by atoms with van der Waals surface area (Å²) in [7, 11) is -1.79. The fourth-order valence-electron chi connectivity index (χ4n) is 3.02.